The molecule has 2 aromatic carbocycles. The summed E-state index contributed by atoms with van der Waals surface area (Å²) in [7, 11) is -3.89. The van der Waals surface area contributed by atoms with Gasteiger partial charge in [-0.2, -0.15) is 0 Å². The van der Waals surface area contributed by atoms with E-state index < -0.39 is 16.0 Å². The third-order valence-corrected chi connectivity index (χ3v) is 6.81. The predicted octanol–water partition coefficient (Wildman–Crippen LogP) is 5.00. The lowest BCUT2D eigenvalue weighted by Gasteiger charge is -2.25. The number of benzene rings is 2. The van der Waals surface area contributed by atoms with E-state index in [4.69, 9.17) is 0 Å². The van der Waals surface area contributed by atoms with E-state index in [-0.39, 0.29) is 16.1 Å². The van der Waals surface area contributed by atoms with E-state index in [2.05, 4.69) is 16.6 Å². The maximum Gasteiger partial charge on any atom is 0.339 e. The summed E-state index contributed by atoms with van der Waals surface area (Å²) < 4.78 is 28.2. The Morgan fingerprint density at radius 3 is 2.42 bits per heavy atom. The van der Waals surface area contributed by atoms with Crippen molar-refractivity contribution in [1.82, 2.24) is 4.98 Å². The van der Waals surface area contributed by atoms with Crippen LogP contribution in [0, 0.1) is 13.8 Å². The number of aryl methyl sites for hydroxylation is 2. The number of nitrogens with zero attached hydrogens (tertiary/aromatic N) is 2. The van der Waals surface area contributed by atoms with Gasteiger partial charge in [0.15, 0.2) is 0 Å². The first-order valence-electron chi connectivity index (χ1n) is 10.8. The van der Waals surface area contributed by atoms with Gasteiger partial charge < -0.3 is 10.0 Å². The van der Waals surface area contributed by atoms with Crippen LogP contribution in [0.25, 0.3) is 0 Å². The molecule has 0 spiro atoms. The molecule has 8 heteroatoms. The van der Waals surface area contributed by atoms with Crippen LogP contribution in [0.3, 0.4) is 0 Å². The first kappa shape index (κ1) is 24.3. The number of hydrogen-bond donors (Lipinski definition) is 2. The number of sulfonamides is 1. The second-order valence-corrected chi connectivity index (χ2v) is 9.69. The summed E-state index contributed by atoms with van der Waals surface area (Å²) in [6, 6.07) is 15.9. The number of anilines is 2. The van der Waals surface area contributed by atoms with Crippen molar-refractivity contribution in [2.45, 2.75) is 45.1 Å². The molecule has 0 aliphatic rings. The van der Waals surface area contributed by atoms with Crippen molar-refractivity contribution in [2.75, 3.05) is 16.2 Å². The first-order chi connectivity index (χ1) is 15.7. The second-order valence-electron chi connectivity index (χ2n) is 8.01. The topological polar surface area (TPSA) is 99.6 Å². The summed E-state index contributed by atoms with van der Waals surface area (Å²) in [6.45, 7) is 6.94. The Morgan fingerprint density at radius 1 is 1.06 bits per heavy atom. The Labute approximate surface area is 195 Å². The molecular formula is C25H29N3O4S. The summed E-state index contributed by atoms with van der Waals surface area (Å²) >= 11 is 0. The highest BCUT2D eigenvalue weighted by Crippen LogP contribution is 2.26. The van der Waals surface area contributed by atoms with Crippen molar-refractivity contribution >= 4 is 27.5 Å². The number of aromatic nitrogens is 1. The normalized spacial score (nSPS) is 11.2. The zero-order chi connectivity index (χ0) is 24.0. The molecule has 1 aromatic heterocycles. The van der Waals surface area contributed by atoms with Crippen LogP contribution < -0.4 is 9.62 Å². The summed E-state index contributed by atoms with van der Waals surface area (Å²) in [5, 5.41) is 9.87. The molecule has 0 atom stereocenters. The van der Waals surface area contributed by atoms with Crippen molar-refractivity contribution in [2.24, 2.45) is 0 Å². The fourth-order valence-electron chi connectivity index (χ4n) is 3.43. The van der Waals surface area contributed by atoms with Gasteiger partial charge in [0, 0.05) is 13.1 Å². The maximum absolute atomic E-state index is 12.9. The number of carboxylic acids is 1. The van der Waals surface area contributed by atoms with Crippen LogP contribution in [0.2, 0.25) is 0 Å². The number of aromatic carboxylic acids is 1. The van der Waals surface area contributed by atoms with Gasteiger partial charge in [-0.15, -0.1) is 0 Å². The quantitative estimate of drug-likeness (QED) is 0.435. The van der Waals surface area contributed by atoms with Gasteiger partial charge in [-0.05, 0) is 55.2 Å². The molecule has 3 rings (SSSR count). The third kappa shape index (κ3) is 6.10. The van der Waals surface area contributed by atoms with Gasteiger partial charge in [-0.25, -0.2) is 18.2 Å². The molecule has 3 aromatic rings. The number of carboxylic acid groups (broad SMARTS) is 1. The molecule has 2 N–H and O–H groups in total. The van der Waals surface area contributed by atoms with Crippen LogP contribution in [-0.2, 0) is 16.6 Å². The van der Waals surface area contributed by atoms with Gasteiger partial charge in [0.2, 0.25) is 0 Å². The average molecular weight is 468 g/mol. The lowest BCUT2D eigenvalue weighted by Crippen LogP contribution is -2.27. The van der Waals surface area contributed by atoms with Gasteiger partial charge in [-0.3, -0.25) is 4.72 Å². The van der Waals surface area contributed by atoms with Crippen molar-refractivity contribution in [1.29, 1.82) is 0 Å². The molecular weight excluding hydrogens is 438 g/mol. The Hall–Kier alpha value is -3.39. The van der Waals surface area contributed by atoms with E-state index in [1.807, 2.05) is 49.1 Å². The lowest BCUT2D eigenvalue weighted by atomic mass is 10.1. The molecule has 7 nitrogen and oxygen atoms in total. The Morgan fingerprint density at radius 2 is 1.79 bits per heavy atom. The van der Waals surface area contributed by atoms with Gasteiger partial charge in [0.25, 0.3) is 10.0 Å². The highest BCUT2D eigenvalue weighted by Gasteiger charge is 2.21. The zero-order valence-corrected chi connectivity index (χ0v) is 19.9. The van der Waals surface area contributed by atoms with E-state index >= 15 is 0 Å². The summed E-state index contributed by atoms with van der Waals surface area (Å²) in [4.78, 5) is 18.5. The molecule has 33 heavy (non-hydrogen) atoms. The zero-order valence-electron chi connectivity index (χ0n) is 19.1. The number of rotatable bonds is 10. The van der Waals surface area contributed by atoms with Crippen LogP contribution in [0.15, 0.2) is 65.7 Å². The minimum absolute atomic E-state index is 0.0534. The minimum Gasteiger partial charge on any atom is -0.478 e. The second kappa shape index (κ2) is 10.5. The molecule has 0 fully saturated rings. The Balaban J connectivity index is 1.94. The average Bonchev–Trinajstić information content (AvgIpc) is 2.79. The first-order valence-corrected chi connectivity index (χ1v) is 12.3. The van der Waals surface area contributed by atoms with Crippen LogP contribution >= 0.6 is 0 Å². The summed E-state index contributed by atoms with van der Waals surface area (Å²) in [5.74, 6) is -0.854. The molecule has 0 aliphatic carbocycles. The molecule has 0 bridgehead atoms. The number of unbranched alkanes of at least 4 members (excludes halogenated alkanes) is 1. The molecule has 0 amide bonds. The standard InChI is InChI=1S/C25H29N3O4S/c1-4-5-13-28(17-20-9-7-6-8-10-20)24-23(25(29)30)15-21(16-26-24)27-33(31,32)22-12-11-18(2)19(3)14-22/h6-12,14-16,27H,4-5,13,17H2,1-3H3,(H,29,30). The molecule has 1 heterocycles. The monoisotopic (exact) mass is 467 g/mol. The fraction of sp³-hybridized carbons (Fsp3) is 0.280. The van der Waals surface area contributed by atoms with Crippen LogP contribution in [0.1, 0.15) is 46.8 Å². The van der Waals surface area contributed by atoms with Gasteiger partial charge >= 0.3 is 5.97 Å². The Bertz CT molecular complexity index is 1230. The SMILES string of the molecule is CCCCN(Cc1ccccc1)c1ncc(NS(=O)(=O)c2ccc(C)c(C)c2)cc1C(=O)O. The minimum atomic E-state index is -3.89. The van der Waals surface area contributed by atoms with Crippen molar-refractivity contribution < 1.29 is 18.3 Å². The van der Waals surface area contributed by atoms with Crippen molar-refractivity contribution in [3.05, 3.63) is 83.0 Å². The summed E-state index contributed by atoms with van der Waals surface area (Å²) in [6.07, 6.45) is 3.18. The van der Waals surface area contributed by atoms with E-state index in [1.165, 1.54) is 18.3 Å². The van der Waals surface area contributed by atoms with Crippen LogP contribution in [-0.4, -0.2) is 31.0 Å². The van der Waals surface area contributed by atoms with Gasteiger partial charge in [0.1, 0.15) is 11.4 Å². The predicted molar refractivity (Wildman–Crippen MR) is 130 cm³/mol. The highest BCUT2D eigenvalue weighted by atomic mass is 32.2. The van der Waals surface area contributed by atoms with Crippen LogP contribution in [0.4, 0.5) is 11.5 Å². The number of hydrogen-bond acceptors (Lipinski definition) is 5. The van der Waals surface area contributed by atoms with Crippen LogP contribution in [0.5, 0.6) is 0 Å². The molecule has 0 radical (unpaired) electrons. The van der Waals surface area contributed by atoms with E-state index in [9.17, 15) is 18.3 Å². The smallest absolute Gasteiger partial charge is 0.339 e. The highest BCUT2D eigenvalue weighted by molar-refractivity contribution is 7.92. The third-order valence-electron chi connectivity index (χ3n) is 5.44. The molecule has 0 saturated carbocycles. The number of carbonyl (C=O) groups is 1. The lowest BCUT2D eigenvalue weighted by molar-refractivity contribution is 0.0697. The fourth-order valence-corrected chi connectivity index (χ4v) is 4.55. The number of pyridine rings is 1. The molecule has 0 saturated heterocycles. The largest absolute Gasteiger partial charge is 0.478 e. The molecule has 0 unspecified atom stereocenters. The molecule has 174 valence electrons. The van der Waals surface area contributed by atoms with E-state index in [0.717, 1.165) is 29.5 Å². The van der Waals surface area contributed by atoms with Crippen molar-refractivity contribution in [3.63, 3.8) is 0 Å². The van der Waals surface area contributed by atoms with Crippen molar-refractivity contribution in [3.8, 4) is 0 Å². The van der Waals surface area contributed by atoms with Gasteiger partial charge in [-0.1, -0.05) is 49.7 Å². The van der Waals surface area contributed by atoms with E-state index in [1.54, 1.807) is 12.1 Å². The summed E-state index contributed by atoms with van der Waals surface area (Å²) in [5.41, 5.74) is 2.92. The Kier molecular flexibility index (Phi) is 7.71. The maximum atomic E-state index is 12.9. The number of nitrogens with one attached hydrogen (secondary N) is 1. The van der Waals surface area contributed by atoms with Gasteiger partial charge in [0.05, 0.1) is 16.8 Å². The van der Waals surface area contributed by atoms with E-state index in [0.29, 0.717) is 18.9 Å². The molecule has 0 aliphatic heterocycles.